The van der Waals surface area contributed by atoms with Crippen molar-refractivity contribution >= 4 is 22.4 Å². The molecule has 1 aromatic carbocycles. The molecular formula is C12H9N3OS. The summed E-state index contributed by atoms with van der Waals surface area (Å²) in [4.78, 5) is 11.8. The van der Waals surface area contributed by atoms with E-state index in [1.54, 1.807) is 31.2 Å². The van der Waals surface area contributed by atoms with Crippen molar-refractivity contribution in [1.82, 2.24) is 4.37 Å². The fourth-order valence-electron chi connectivity index (χ4n) is 1.35. The molecule has 0 spiro atoms. The average molecular weight is 243 g/mol. The number of rotatable bonds is 2. The maximum atomic E-state index is 11.8. The van der Waals surface area contributed by atoms with Crippen LogP contribution >= 0.6 is 11.5 Å². The molecule has 1 amide bonds. The van der Waals surface area contributed by atoms with Gasteiger partial charge >= 0.3 is 0 Å². The SMILES string of the molecule is Cc1nsc(NC(=O)c2ccccc2)c1C#N. The second-order valence-electron chi connectivity index (χ2n) is 3.40. The second kappa shape index (κ2) is 4.76. The van der Waals surface area contributed by atoms with E-state index < -0.39 is 0 Å². The van der Waals surface area contributed by atoms with Crippen molar-refractivity contribution in [2.24, 2.45) is 0 Å². The van der Waals surface area contributed by atoms with Gasteiger partial charge in [0, 0.05) is 5.56 Å². The molecule has 84 valence electrons. The first-order valence-electron chi connectivity index (χ1n) is 4.95. The third-order valence-electron chi connectivity index (χ3n) is 2.24. The fourth-order valence-corrected chi connectivity index (χ4v) is 2.09. The minimum absolute atomic E-state index is 0.231. The van der Waals surface area contributed by atoms with Crippen LogP contribution in [0.4, 0.5) is 5.00 Å². The van der Waals surface area contributed by atoms with Crippen LogP contribution in [0.15, 0.2) is 30.3 Å². The number of hydrogen-bond donors (Lipinski definition) is 1. The van der Waals surface area contributed by atoms with E-state index in [9.17, 15) is 4.79 Å². The molecule has 0 saturated carbocycles. The summed E-state index contributed by atoms with van der Waals surface area (Å²) in [6, 6.07) is 10.9. The van der Waals surface area contributed by atoms with Crippen molar-refractivity contribution in [2.45, 2.75) is 6.92 Å². The zero-order valence-electron chi connectivity index (χ0n) is 9.10. The van der Waals surface area contributed by atoms with E-state index >= 15 is 0 Å². The molecule has 0 aliphatic rings. The maximum absolute atomic E-state index is 11.8. The Labute approximate surface area is 103 Å². The molecule has 0 atom stereocenters. The van der Waals surface area contributed by atoms with Crippen molar-refractivity contribution in [2.75, 3.05) is 5.32 Å². The van der Waals surface area contributed by atoms with Crippen LogP contribution in [0.5, 0.6) is 0 Å². The molecule has 0 fully saturated rings. The second-order valence-corrected chi connectivity index (χ2v) is 4.18. The Morgan fingerprint density at radius 1 is 1.41 bits per heavy atom. The zero-order chi connectivity index (χ0) is 12.3. The van der Waals surface area contributed by atoms with Gasteiger partial charge < -0.3 is 5.32 Å². The van der Waals surface area contributed by atoms with Crippen LogP contribution in [0.3, 0.4) is 0 Å². The minimum Gasteiger partial charge on any atom is -0.311 e. The molecule has 0 radical (unpaired) electrons. The quantitative estimate of drug-likeness (QED) is 0.881. The molecule has 1 aromatic heterocycles. The first-order chi connectivity index (χ1) is 8.22. The van der Waals surface area contributed by atoms with Gasteiger partial charge in [-0.1, -0.05) is 18.2 Å². The summed E-state index contributed by atoms with van der Waals surface area (Å²) < 4.78 is 4.04. The van der Waals surface area contributed by atoms with E-state index in [4.69, 9.17) is 5.26 Å². The van der Waals surface area contributed by atoms with Gasteiger partial charge in [0.2, 0.25) is 0 Å². The molecule has 2 aromatic rings. The average Bonchev–Trinajstić information content (AvgIpc) is 2.71. The molecule has 1 heterocycles. The van der Waals surface area contributed by atoms with Crippen molar-refractivity contribution in [3.05, 3.63) is 47.2 Å². The lowest BCUT2D eigenvalue weighted by atomic mass is 10.2. The van der Waals surface area contributed by atoms with Gasteiger partial charge in [0.1, 0.15) is 16.6 Å². The Hall–Kier alpha value is -2.19. The predicted octanol–water partition coefficient (Wildman–Crippen LogP) is 2.58. The minimum atomic E-state index is -0.231. The molecular weight excluding hydrogens is 234 g/mol. The highest BCUT2D eigenvalue weighted by Crippen LogP contribution is 2.23. The normalized spacial score (nSPS) is 9.65. The smallest absolute Gasteiger partial charge is 0.256 e. The Bertz CT molecular complexity index is 584. The number of hydrogen-bond acceptors (Lipinski definition) is 4. The van der Waals surface area contributed by atoms with E-state index in [-0.39, 0.29) is 5.91 Å². The first-order valence-corrected chi connectivity index (χ1v) is 5.72. The van der Waals surface area contributed by atoms with Crippen LogP contribution in [0.25, 0.3) is 0 Å². The van der Waals surface area contributed by atoms with E-state index in [1.165, 1.54) is 0 Å². The highest BCUT2D eigenvalue weighted by molar-refractivity contribution is 7.10. The van der Waals surface area contributed by atoms with E-state index in [0.717, 1.165) is 11.5 Å². The van der Waals surface area contributed by atoms with Crippen molar-refractivity contribution in [3.8, 4) is 6.07 Å². The van der Waals surface area contributed by atoms with Crippen LogP contribution < -0.4 is 5.32 Å². The molecule has 17 heavy (non-hydrogen) atoms. The number of nitrogens with one attached hydrogen (secondary N) is 1. The molecule has 0 aliphatic heterocycles. The standard InChI is InChI=1S/C12H9N3OS/c1-8-10(7-13)12(17-15-8)14-11(16)9-5-3-2-4-6-9/h2-6H,1H3,(H,14,16). The highest BCUT2D eigenvalue weighted by atomic mass is 32.1. The number of aromatic nitrogens is 1. The Morgan fingerprint density at radius 3 is 2.76 bits per heavy atom. The number of anilines is 1. The number of aryl methyl sites for hydroxylation is 1. The van der Waals surface area contributed by atoms with Crippen molar-refractivity contribution in [3.63, 3.8) is 0 Å². The zero-order valence-corrected chi connectivity index (χ0v) is 9.91. The van der Waals surface area contributed by atoms with Crippen LogP contribution in [0.2, 0.25) is 0 Å². The third kappa shape index (κ3) is 2.32. The third-order valence-corrected chi connectivity index (χ3v) is 3.09. The molecule has 0 aliphatic carbocycles. The molecule has 2 rings (SSSR count). The van der Waals surface area contributed by atoms with Gasteiger partial charge in [0.25, 0.3) is 5.91 Å². The van der Waals surface area contributed by atoms with E-state index in [1.807, 2.05) is 12.1 Å². The summed E-state index contributed by atoms with van der Waals surface area (Å²) in [5, 5.41) is 12.1. The number of benzene rings is 1. The molecule has 4 nitrogen and oxygen atoms in total. The summed E-state index contributed by atoms with van der Waals surface area (Å²) in [5.41, 5.74) is 1.63. The van der Waals surface area contributed by atoms with Gasteiger partial charge in [-0.3, -0.25) is 4.79 Å². The summed E-state index contributed by atoms with van der Waals surface area (Å²) in [7, 11) is 0. The number of nitriles is 1. The summed E-state index contributed by atoms with van der Waals surface area (Å²) in [6.45, 7) is 1.74. The Morgan fingerprint density at radius 2 is 2.12 bits per heavy atom. The van der Waals surface area contributed by atoms with Gasteiger partial charge in [-0.25, -0.2) is 0 Å². The largest absolute Gasteiger partial charge is 0.311 e. The lowest BCUT2D eigenvalue weighted by Gasteiger charge is -2.01. The first kappa shape index (κ1) is 11.3. The number of carbonyl (C=O) groups excluding carboxylic acids is 1. The van der Waals surface area contributed by atoms with Crippen LogP contribution in [0, 0.1) is 18.3 Å². The highest BCUT2D eigenvalue weighted by Gasteiger charge is 2.13. The van der Waals surface area contributed by atoms with E-state index in [2.05, 4.69) is 9.69 Å². The number of amides is 1. The summed E-state index contributed by atoms with van der Waals surface area (Å²) in [6.07, 6.45) is 0. The van der Waals surface area contributed by atoms with Gasteiger partial charge in [-0.15, -0.1) is 0 Å². The van der Waals surface area contributed by atoms with Crippen LogP contribution in [0.1, 0.15) is 21.6 Å². The lowest BCUT2D eigenvalue weighted by Crippen LogP contribution is -2.11. The Kier molecular flexibility index (Phi) is 3.17. The van der Waals surface area contributed by atoms with Gasteiger partial charge in [0.05, 0.1) is 5.69 Å². The molecule has 0 unspecified atom stereocenters. The van der Waals surface area contributed by atoms with Crippen molar-refractivity contribution < 1.29 is 4.79 Å². The molecule has 5 heteroatoms. The maximum Gasteiger partial charge on any atom is 0.256 e. The van der Waals surface area contributed by atoms with Gasteiger partial charge in [-0.2, -0.15) is 9.64 Å². The van der Waals surface area contributed by atoms with Crippen LogP contribution in [-0.4, -0.2) is 10.3 Å². The predicted molar refractivity (Wildman–Crippen MR) is 66.0 cm³/mol. The number of nitrogens with zero attached hydrogens (tertiary/aromatic N) is 2. The Balaban J connectivity index is 2.23. The number of carbonyl (C=O) groups is 1. The summed E-state index contributed by atoms with van der Waals surface area (Å²) >= 11 is 1.12. The van der Waals surface area contributed by atoms with Gasteiger partial charge in [0.15, 0.2) is 0 Å². The van der Waals surface area contributed by atoms with Crippen LogP contribution in [-0.2, 0) is 0 Å². The lowest BCUT2D eigenvalue weighted by molar-refractivity contribution is 0.102. The summed E-state index contributed by atoms with van der Waals surface area (Å²) in [5.74, 6) is -0.231. The monoisotopic (exact) mass is 243 g/mol. The topological polar surface area (TPSA) is 65.8 Å². The molecule has 0 bridgehead atoms. The molecule has 1 N–H and O–H groups in total. The molecule has 0 saturated heterocycles. The van der Waals surface area contributed by atoms with Crippen molar-refractivity contribution in [1.29, 1.82) is 5.26 Å². The fraction of sp³-hybridized carbons (Fsp3) is 0.0833. The van der Waals surface area contributed by atoms with E-state index in [0.29, 0.717) is 21.8 Å². The van der Waals surface area contributed by atoms with Gasteiger partial charge in [-0.05, 0) is 30.6 Å².